The second-order valence-corrected chi connectivity index (χ2v) is 6.76. The molecular weight excluding hydrogens is 302 g/mol. The topological polar surface area (TPSA) is 57.6 Å². The third-order valence-corrected chi connectivity index (χ3v) is 5.29. The van der Waals surface area contributed by atoms with Gasteiger partial charge in [-0.3, -0.25) is 9.59 Å². The van der Waals surface area contributed by atoms with Crippen LogP contribution in [0.25, 0.3) is 0 Å². The van der Waals surface area contributed by atoms with Crippen molar-refractivity contribution in [3.63, 3.8) is 0 Å². The van der Waals surface area contributed by atoms with Crippen LogP contribution in [0.4, 0.5) is 0 Å². The smallest absolute Gasteiger partial charge is 0.177 e. The average Bonchev–Trinajstić information content (AvgIpc) is 2.80. The zero-order chi connectivity index (χ0) is 17.0. The molecule has 0 amide bonds. The van der Waals surface area contributed by atoms with E-state index >= 15 is 0 Å². The van der Waals surface area contributed by atoms with Crippen LogP contribution in [0, 0.1) is 11.8 Å². The Balaban J connectivity index is 1.78. The largest absolute Gasteiger partial charge is 0.510 e. The third-order valence-electron chi connectivity index (χ3n) is 5.29. The Hall–Kier alpha value is -2.62. The highest BCUT2D eigenvalue weighted by Crippen LogP contribution is 2.40. The summed E-state index contributed by atoms with van der Waals surface area (Å²) >= 11 is 0. The van der Waals surface area contributed by atoms with E-state index in [1.807, 2.05) is 18.0 Å². The minimum atomic E-state index is -0.879. The van der Waals surface area contributed by atoms with Gasteiger partial charge in [0.25, 0.3) is 0 Å². The predicted octanol–water partition coefficient (Wildman–Crippen LogP) is 3.29. The monoisotopic (exact) mass is 321 g/mol. The van der Waals surface area contributed by atoms with Gasteiger partial charge in [-0.2, -0.15) is 0 Å². The number of aliphatic hydroxyl groups is 1. The first-order valence-electron chi connectivity index (χ1n) is 8.22. The molecule has 0 saturated heterocycles. The molecule has 4 heteroatoms. The van der Waals surface area contributed by atoms with Crippen molar-refractivity contribution in [1.29, 1.82) is 0 Å². The number of carbonyl (C=O) groups is 2. The number of fused-ring (bicyclic) bond motifs is 1. The van der Waals surface area contributed by atoms with Crippen LogP contribution in [0.15, 0.2) is 59.5 Å². The normalized spacial score (nSPS) is 26.6. The van der Waals surface area contributed by atoms with Crippen molar-refractivity contribution >= 4 is 11.6 Å². The van der Waals surface area contributed by atoms with Crippen LogP contribution in [0.3, 0.4) is 0 Å². The molecule has 0 radical (unpaired) electrons. The molecule has 0 saturated carbocycles. The van der Waals surface area contributed by atoms with Gasteiger partial charge in [0.2, 0.25) is 0 Å². The molecule has 1 aromatic carbocycles. The number of hydrogen-bond acceptors (Lipinski definition) is 4. The quantitative estimate of drug-likeness (QED) is 0.807. The lowest BCUT2D eigenvalue weighted by Crippen LogP contribution is -2.46. The maximum atomic E-state index is 12.8. The number of rotatable bonds is 1. The van der Waals surface area contributed by atoms with Gasteiger partial charge >= 0.3 is 0 Å². The Labute approximate surface area is 140 Å². The maximum absolute atomic E-state index is 12.8. The molecule has 24 heavy (non-hydrogen) atoms. The molecule has 1 heterocycles. The molecule has 0 aromatic heterocycles. The first kappa shape index (κ1) is 14.9. The zero-order valence-electron chi connectivity index (χ0n) is 13.7. The third kappa shape index (κ3) is 1.92. The fourth-order valence-corrected chi connectivity index (χ4v) is 4.20. The molecule has 1 aromatic rings. The Morgan fingerprint density at radius 2 is 1.75 bits per heavy atom. The summed E-state index contributed by atoms with van der Waals surface area (Å²) in [6, 6.07) is 6.28. The van der Waals surface area contributed by atoms with Crippen LogP contribution < -0.4 is 0 Å². The van der Waals surface area contributed by atoms with Crippen LogP contribution in [0.2, 0.25) is 0 Å². The van der Waals surface area contributed by atoms with Crippen LogP contribution in [-0.4, -0.2) is 34.7 Å². The first-order chi connectivity index (χ1) is 11.5. The molecule has 122 valence electrons. The molecule has 3 aliphatic rings. The average molecular weight is 321 g/mol. The first-order valence-corrected chi connectivity index (χ1v) is 8.22. The van der Waals surface area contributed by atoms with Crippen molar-refractivity contribution in [2.75, 3.05) is 7.05 Å². The molecular formula is C20H19NO3. The summed E-state index contributed by atoms with van der Waals surface area (Å²) < 4.78 is 0. The van der Waals surface area contributed by atoms with Crippen molar-refractivity contribution in [2.24, 2.45) is 11.8 Å². The summed E-state index contributed by atoms with van der Waals surface area (Å²) in [5.74, 6) is -0.910. The molecule has 2 unspecified atom stereocenters. The number of ketones is 2. The number of benzene rings is 1. The van der Waals surface area contributed by atoms with Gasteiger partial charge in [0.15, 0.2) is 11.6 Å². The van der Waals surface area contributed by atoms with Gasteiger partial charge in [0.05, 0.1) is 0 Å². The summed E-state index contributed by atoms with van der Waals surface area (Å²) in [6.45, 7) is 2.12. The van der Waals surface area contributed by atoms with Crippen molar-refractivity contribution in [3.05, 3.63) is 70.6 Å². The lowest BCUT2D eigenvalue weighted by molar-refractivity contribution is 0.0725. The zero-order valence-corrected chi connectivity index (χ0v) is 13.7. The second-order valence-electron chi connectivity index (χ2n) is 6.76. The van der Waals surface area contributed by atoms with E-state index in [0.717, 1.165) is 17.7 Å². The summed E-state index contributed by atoms with van der Waals surface area (Å²) in [6.07, 6.45) is 6.70. The molecule has 2 atom stereocenters. The standard InChI is InChI=1S/C20H19NO3/c1-11-6-5-7-12-10-15(22)18(21(2)17(11)12)16-19(23)13-8-3-4-9-14(13)20(16)24/h3-5,7-11,16,18,22H,6H2,1-2H3. The van der Waals surface area contributed by atoms with Crippen molar-refractivity contribution in [1.82, 2.24) is 4.90 Å². The molecule has 4 nitrogen and oxygen atoms in total. The van der Waals surface area contributed by atoms with Crippen LogP contribution >= 0.6 is 0 Å². The van der Waals surface area contributed by atoms with Gasteiger partial charge in [-0.25, -0.2) is 0 Å². The van der Waals surface area contributed by atoms with E-state index in [-0.39, 0.29) is 23.2 Å². The maximum Gasteiger partial charge on any atom is 0.177 e. The van der Waals surface area contributed by atoms with Gasteiger partial charge in [-0.1, -0.05) is 43.3 Å². The summed E-state index contributed by atoms with van der Waals surface area (Å²) in [5, 5.41) is 10.6. The Morgan fingerprint density at radius 3 is 2.38 bits per heavy atom. The van der Waals surface area contributed by atoms with Crippen LogP contribution in [-0.2, 0) is 0 Å². The van der Waals surface area contributed by atoms with Crippen LogP contribution in [0.1, 0.15) is 34.1 Å². The minimum Gasteiger partial charge on any atom is -0.510 e. The van der Waals surface area contributed by atoms with E-state index in [2.05, 4.69) is 13.0 Å². The molecule has 4 rings (SSSR count). The Morgan fingerprint density at radius 1 is 1.12 bits per heavy atom. The Bertz CT molecular complexity index is 811. The number of nitrogens with zero attached hydrogens (tertiary/aromatic N) is 1. The highest BCUT2D eigenvalue weighted by molar-refractivity contribution is 6.27. The molecule has 0 bridgehead atoms. The highest BCUT2D eigenvalue weighted by Gasteiger charge is 2.48. The number of likely N-dealkylation sites (N-methyl/N-ethyl adjacent to an activating group) is 1. The highest BCUT2D eigenvalue weighted by atomic mass is 16.3. The molecule has 1 aliphatic heterocycles. The number of aliphatic hydroxyl groups excluding tert-OH is 1. The van der Waals surface area contributed by atoms with Gasteiger partial charge in [-0.05, 0) is 18.1 Å². The molecule has 1 N–H and O–H groups in total. The lowest BCUT2D eigenvalue weighted by Gasteiger charge is -2.41. The number of carbonyl (C=O) groups excluding carboxylic acids is 2. The fourth-order valence-electron chi connectivity index (χ4n) is 4.20. The predicted molar refractivity (Wildman–Crippen MR) is 90.8 cm³/mol. The summed E-state index contributed by atoms with van der Waals surface area (Å²) in [4.78, 5) is 27.6. The van der Waals surface area contributed by atoms with E-state index in [1.54, 1.807) is 30.3 Å². The van der Waals surface area contributed by atoms with E-state index < -0.39 is 12.0 Å². The van der Waals surface area contributed by atoms with Gasteiger partial charge < -0.3 is 10.0 Å². The number of allylic oxidation sites excluding steroid dienone is 5. The number of hydrogen-bond donors (Lipinski definition) is 1. The van der Waals surface area contributed by atoms with Crippen LogP contribution in [0.5, 0.6) is 0 Å². The van der Waals surface area contributed by atoms with E-state index in [0.29, 0.717) is 11.1 Å². The Kier molecular flexibility index (Phi) is 3.23. The van der Waals surface area contributed by atoms with E-state index in [1.165, 1.54) is 0 Å². The van der Waals surface area contributed by atoms with E-state index in [9.17, 15) is 14.7 Å². The summed E-state index contributed by atoms with van der Waals surface area (Å²) in [7, 11) is 1.86. The molecule has 2 aliphatic carbocycles. The molecule has 0 fully saturated rings. The van der Waals surface area contributed by atoms with Gasteiger partial charge in [0, 0.05) is 29.8 Å². The molecule has 0 spiro atoms. The summed E-state index contributed by atoms with van der Waals surface area (Å²) in [5.41, 5.74) is 2.97. The SMILES string of the molecule is CC1CC=CC2=C1N(C)C(C1C(=O)c3ccccc3C1=O)C(O)=C2. The second kappa shape index (κ2) is 5.20. The number of Topliss-reactive ketones (excluding diaryl/α,β-unsaturated/α-hetero) is 2. The van der Waals surface area contributed by atoms with E-state index in [4.69, 9.17) is 0 Å². The minimum absolute atomic E-state index is 0.0782. The lowest BCUT2D eigenvalue weighted by atomic mass is 9.83. The van der Waals surface area contributed by atoms with Crippen molar-refractivity contribution < 1.29 is 14.7 Å². The van der Waals surface area contributed by atoms with Crippen molar-refractivity contribution in [2.45, 2.75) is 19.4 Å². The fraction of sp³-hybridized carbons (Fsp3) is 0.300. The van der Waals surface area contributed by atoms with Gasteiger partial charge in [0.1, 0.15) is 17.7 Å². The van der Waals surface area contributed by atoms with Gasteiger partial charge in [-0.15, -0.1) is 0 Å². The van der Waals surface area contributed by atoms with Crippen molar-refractivity contribution in [3.8, 4) is 0 Å².